The molecule has 264 valence electrons. The number of halogens is 4. The number of ether oxygens (including phenoxy) is 2. The number of anilines is 2. The van der Waals surface area contributed by atoms with E-state index < -0.39 is 35.1 Å². The molecule has 5 rings (SSSR count). The second kappa shape index (κ2) is 15.9. The van der Waals surface area contributed by atoms with Crippen LogP contribution in [0.2, 0.25) is 0 Å². The highest BCUT2D eigenvalue weighted by Gasteiger charge is 2.41. The van der Waals surface area contributed by atoms with Crippen molar-refractivity contribution >= 4 is 23.8 Å². The van der Waals surface area contributed by atoms with E-state index in [0.29, 0.717) is 24.2 Å². The average Bonchev–Trinajstić information content (AvgIpc) is 3.21. The number of allylic oxidation sites excluding steroid dienone is 1. The standard InChI is InChI=1S/C37H36F4N2O3.C2H4O2/c1-5-36(3,4)21-30-23(2)34(27-19-18-25(20-29(27)38)46-22-24-12-7-6-8-13-24)43(31-16-11-17-32(44)33(31)42-30)35(45)26-14-9-10-15-28(26)37(39,40)41;1-4-2-3/h6-20,34,42,44H,5,21-22H2,1-4H3;2H,1H3. The van der Waals surface area contributed by atoms with Gasteiger partial charge in [0.1, 0.15) is 29.6 Å². The molecule has 0 aromatic heterocycles. The Bertz CT molecular complexity index is 1840. The van der Waals surface area contributed by atoms with Gasteiger partial charge in [-0.1, -0.05) is 75.7 Å². The fraction of sp³-hybridized carbons (Fsp3) is 0.282. The molecule has 1 aliphatic heterocycles. The third-order valence-corrected chi connectivity index (χ3v) is 8.61. The molecule has 1 heterocycles. The maximum atomic E-state index is 16.3. The molecule has 2 N–H and O–H groups in total. The molecule has 0 bridgehead atoms. The Labute approximate surface area is 289 Å². The number of carbonyl (C=O) groups is 2. The first kappa shape index (κ1) is 37.5. The Kier molecular flexibility index (Phi) is 11.9. The van der Waals surface area contributed by atoms with Crippen molar-refractivity contribution in [1.29, 1.82) is 0 Å². The number of alkyl halides is 3. The van der Waals surface area contributed by atoms with Gasteiger partial charge in [0, 0.05) is 17.3 Å². The summed E-state index contributed by atoms with van der Waals surface area (Å²) in [5.74, 6) is -1.64. The van der Waals surface area contributed by atoms with Gasteiger partial charge >= 0.3 is 6.18 Å². The number of carbonyl (C=O) groups excluding carboxylic acids is 2. The van der Waals surface area contributed by atoms with Crippen LogP contribution < -0.4 is 15.0 Å². The van der Waals surface area contributed by atoms with E-state index in [0.717, 1.165) is 29.0 Å². The molecule has 7 nitrogen and oxygen atoms in total. The second-order valence-corrected chi connectivity index (χ2v) is 12.6. The summed E-state index contributed by atoms with van der Waals surface area (Å²) in [6, 6.07) is 21.5. The highest BCUT2D eigenvalue weighted by molar-refractivity contribution is 6.10. The molecule has 0 saturated heterocycles. The van der Waals surface area contributed by atoms with Crippen molar-refractivity contribution in [2.45, 2.75) is 59.4 Å². The van der Waals surface area contributed by atoms with Gasteiger partial charge in [-0.3, -0.25) is 14.5 Å². The summed E-state index contributed by atoms with van der Waals surface area (Å²) in [7, 11) is 1.31. The molecular weight excluding hydrogens is 652 g/mol. The van der Waals surface area contributed by atoms with Gasteiger partial charge in [0.2, 0.25) is 0 Å². The quantitative estimate of drug-likeness (QED) is 0.103. The van der Waals surface area contributed by atoms with E-state index in [2.05, 4.69) is 23.9 Å². The van der Waals surface area contributed by atoms with Crippen LogP contribution in [-0.4, -0.2) is 24.6 Å². The minimum Gasteiger partial charge on any atom is -0.506 e. The van der Waals surface area contributed by atoms with Crippen LogP contribution in [0.3, 0.4) is 0 Å². The number of para-hydroxylation sites is 1. The van der Waals surface area contributed by atoms with Crippen molar-refractivity contribution in [3.8, 4) is 11.5 Å². The van der Waals surface area contributed by atoms with Gasteiger partial charge in [-0.15, -0.1) is 0 Å². The van der Waals surface area contributed by atoms with E-state index in [1.165, 1.54) is 49.6 Å². The molecule has 0 saturated carbocycles. The first-order chi connectivity index (χ1) is 23.7. The van der Waals surface area contributed by atoms with Crippen molar-refractivity contribution < 1.29 is 41.7 Å². The number of nitrogens with one attached hydrogen (secondary N) is 1. The summed E-state index contributed by atoms with van der Waals surface area (Å²) in [5, 5.41) is 14.3. The number of amides is 1. The summed E-state index contributed by atoms with van der Waals surface area (Å²) in [6.07, 6.45) is -3.58. The molecule has 1 amide bonds. The smallest absolute Gasteiger partial charge is 0.417 e. The van der Waals surface area contributed by atoms with Crippen molar-refractivity contribution in [1.82, 2.24) is 0 Å². The number of aromatic hydroxyl groups is 1. The Balaban J connectivity index is 0.00000133. The van der Waals surface area contributed by atoms with E-state index in [9.17, 15) is 23.1 Å². The van der Waals surface area contributed by atoms with Crippen LogP contribution in [0.1, 0.15) is 73.6 Å². The fourth-order valence-corrected chi connectivity index (χ4v) is 5.60. The van der Waals surface area contributed by atoms with E-state index in [1.807, 2.05) is 37.3 Å². The monoisotopic (exact) mass is 692 g/mol. The van der Waals surface area contributed by atoms with E-state index in [4.69, 9.17) is 9.53 Å². The highest BCUT2D eigenvalue weighted by atomic mass is 19.4. The molecule has 4 aromatic rings. The largest absolute Gasteiger partial charge is 0.506 e. The minimum absolute atomic E-state index is 0.0622. The van der Waals surface area contributed by atoms with Gasteiger partial charge in [0.15, 0.2) is 0 Å². The minimum atomic E-state index is -4.82. The number of phenolic OH excluding ortho intramolecular Hbond substituents is 1. The first-order valence-corrected chi connectivity index (χ1v) is 15.9. The highest BCUT2D eigenvalue weighted by Crippen LogP contribution is 2.49. The average molecular weight is 693 g/mol. The van der Waals surface area contributed by atoms with Crippen molar-refractivity contribution in [2.24, 2.45) is 5.41 Å². The number of hydrogen-bond donors (Lipinski definition) is 2. The summed E-state index contributed by atoms with van der Waals surface area (Å²) in [5.41, 5.74) is 0.405. The van der Waals surface area contributed by atoms with Gasteiger partial charge in [-0.05, 0) is 66.3 Å². The van der Waals surface area contributed by atoms with Crippen LogP contribution >= 0.6 is 0 Å². The van der Waals surface area contributed by atoms with Gasteiger partial charge in [-0.2, -0.15) is 13.2 Å². The number of fused-ring (bicyclic) bond motifs is 1. The van der Waals surface area contributed by atoms with Crippen LogP contribution in [0, 0.1) is 11.2 Å². The zero-order valence-corrected chi connectivity index (χ0v) is 28.5. The molecule has 0 radical (unpaired) electrons. The van der Waals surface area contributed by atoms with Gasteiger partial charge in [0.05, 0.1) is 30.0 Å². The molecule has 0 spiro atoms. The lowest BCUT2D eigenvalue weighted by Crippen LogP contribution is -2.37. The van der Waals surface area contributed by atoms with Crippen LogP contribution in [0.15, 0.2) is 102 Å². The lowest BCUT2D eigenvalue weighted by atomic mass is 9.83. The third kappa shape index (κ3) is 8.63. The number of nitrogens with zero attached hydrogens (tertiary/aromatic N) is 1. The van der Waals surface area contributed by atoms with Crippen molar-refractivity contribution in [3.05, 3.63) is 130 Å². The summed E-state index contributed by atoms with van der Waals surface area (Å²) in [6.45, 7) is 8.46. The second-order valence-electron chi connectivity index (χ2n) is 12.6. The molecule has 1 aliphatic rings. The lowest BCUT2D eigenvalue weighted by molar-refractivity contribution is -0.138. The lowest BCUT2D eigenvalue weighted by Gasteiger charge is -2.34. The van der Waals surface area contributed by atoms with Crippen molar-refractivity contribution in [2.75, 3.05) is 17.3 Å². The molecule has 1 atom stereocenters. The van der Waals surface area contributed by atoms with Gasteiger partial charge in [-0.25, -0.2) is 4.39 Å². The molecule has 0 fully saturated rings. The Morgan fingerprint density at radius 1 is 0.980 bits per heavy atom. The van der Waals surface area contributed by atoms with Gasteiger partial charge in [0.25, 0.3) is 12.4 Å². The summed E-state index contributed by atoms with van der Waals surface area (Å²) in [4.78, 5) is 24.6. The van der Waals surface area contributed by atoms with Crippen LogP contribution in [0.4, 0.5) is 28.9 Å². The number of methoxy groups -OCH3 is 1. The predicted molar refractivity (Wildman–Crippen MR) is 184 cm³/mol. The Morgan fingerprint density at radius 3 is 2.26 bits per heavy atom. The third-order valence-electron chi connectivity index (χ3n) is 8.61. The maximum Gasteiger partial charge on any atom is 0.417 e. The predicted octanol–water partition coefficient (Wildman–Crippen LogP) is 9.83. The Hall–Kier alpha value is -5.32. The molecule has 11 heteroatoms. The van der Waals surface area contributed by atoms with E-state index in [-0.39, 0.29) is 40.5 Å². The Morgan fingerprint density at radius 2 is 1.64 bits per heavy atom. The SMILES string of the molecule is CCC(C)(C)CC1=C(C)C(c2ccc(OCc3ccccc3)cc2F)N(C(=O)c2ccccc2C(F)(F)F)c2cccc(O)c2N1.COC=O. The number of benzene rings is 4. The normalized spacial score (nSPS) is 14.4. The summed E-state index contributed by atoms with van der Waals surface area (Å²) < 4.78 is 68.6. The fourth-order valence-electron chi connectivity index (χ4n) is 5.60. The molecule has 50 heavy (non-hydrogen) atoms. The molecular formula is C39H40F4N2O5. The van der Waals surface area contributed by atoms with Crippen LogP contribution in [0.5, 0.6) is 11.5 Å². The van der Waals surface area contributed by atoms with Gasteiger partial charge < -0.3 is 19.9 Å². The zero-order valence-electron chi connectivity index (χ0n) is 28.5. The molecule has 0 aliphatic carbocycles. The van der Waals surface area contributed by atoms with E-state index >= 15 is 4.39 Å². The number of hydrogen-bond acceptors (Lipinski definition) is 6. The van der Waals surface area contributed by atoms with Crippen molar-refractivity contribution in [3.63, 3.8) is 0 Å². The zero-order chi connectivity index (χ0) is 36.6. The molecule has 1 unspecified atom stereocenters. The van der Waals surface area contributed by atoms with E-state index in [1.54, 1.807) is 13.0 Å². The van der Waals surface area contributed by atoms with Crippen LogP contribution in [0.25, 0.3) is 0 Å². The summed E-state index contributed by atoms with van der Waals surface area (Å²) >= 11 is 0. The maximum absolute atomic E-state index is 16.3. The number of rotatable bonds is 9. The molecule has 4 aromatic carbocycles. The topological polar surface area (TPSA) is 88.1 Å². The first-order valence-electron chi connectivity index (χ1n) is 15.9. The van der Waals surface area contributed by atoms with Crippen LogP contribution in [-0.2, 0) is 22.3 Å². The number of phenols is 1.